The minimum absolute atomic E-state index is 0.395. The molecule has 0 amide bonds. The fourth-order valence-corrected chi connectivity index (χ4v) is 2.53. The van der Waals surface area contributed by atoms with Gasteiger partial charge in [0.25, 0.3) is 0 Å². The van der Waals surface area contributed by atoms with E-state index in [0.29, 0.717) is 12.4 Å². The van der Waals surface area contributed by atoms with Crippen LogP contribution in [0.5, 0.6) is 11.5 Å². The lowest BCUT2D eigenvalue weighted by Gasteiger charge is -2.15. The lowest BCUT2D eigenvalue weighted by Crippen LogP contribution is -2.03. The Labute approximate surface area is 133 Å². The van der Waals surface area contributed by atoms with E-state index in [1.807, 2.05) is 43.3 Å². The van der Waals surface area contributed by atoms with Crippen LogP contribution in [-0.4, -0.2) is 12.2 Å². The molecule has 0 aromatic heterocycles. The number of benzene rings is 2. The summed E-state index contributed by atoms with van der Waals surface area (Å²) in [5, 5.41) is 9.85. The van der Waals surface area contributed by atoms with Crippen molar-refractivity contribution in [3.05, 3.63) is 57.6 Å². The molecule has 0 spiro atoms. The standard InChI is InChI=1S/C17H19BrO3/c1-11-4-6-16(20-3)13(8-11)10-21-17-7-5-14(18)9-15(17)12(2)19/h4-9,12,19H,10H2,1-3H3/t12-/m1/s1. The van der Waals surface area contributed by atoms with E-state index in [2.05, 4.69) is 15.9 Å². The molecule has 0 fully saturated rings. The maximum Gasteiger partial charge on any atom is 0.125 e. The van der Waals surface area contributed by atoms with E-state index in [9.17, 15) is 5.11 Å². The van der Waals surface area contributed by atoms with Crippen molar-refractivity contribution in [3.8, 4) is 11.5 Å². The van der Waals surface area contributed by atoms with Gasteiger partial charge in [-0.05, 0) is 44.2 Å². The summed E-state index contributed by atoms with van der Waals surface area (Å²) < 4.78 is 12.1. The Morgan fingerprint density at radius 3 is 2.52 bits per heavy atom. The van der Waals surface area contributed by atoms with Crippen LogP contribution < -0.4 is 9.47 Å². The van der Waals surface area contributed by atoms with Gasteiger partial charge < -0.3 is 14.6 Å². The Balaban J connectivity index is 2.22. The minimum atomic E-state index is -0.586. The third kappa shape index (κ3) is 3.99. The molecule has 0 heterocycles. The largest absolute Gasteiger partial charge is 0.496 e. The number of hydrogen-bond acceptors (Lipinski definition) is 3. The minimum Gasteiger partial charge on any atom is -0.496 e. The number of aliphatic hydroxyl groups is 1. The molecule has 0 saturated carbocycles. The van der Waals surface area contributed by atoms with E-state index in [-0.39, 0.29) is 0 Å². The van der Waals surface area contributed by atoms with Crippen LogP contribution in [0.2, 0.25) is 0 Å². The molecule has 1 atom stereocenters. The first kappa shape index (κ1) is 15.9. The second-order valence-electron chi connectivity index (χ2n) is 4.96. The summed E-state index contributed by atoms with van der Waals surface area (Å²) in [5.74, 6) is 1.48. The summed E-state index contributed by atoms with van der Waals surface area (Å²) in [7, 11) is 1.65. The third-order valence-electron chi connectivity index (χ3n) is 3.24. The zero-order chi connectivity index (χ0) is 15.4. The van der Waals surface area contributed by atoms with Crippen molar-refractivity contribution in [3.63, 3.8) is 0 Å². The molecule has 0 radical (unpaired) electrons. The lowest BCUT2D eigenvalue weighted by atomic mass is 10.1. The number of hydrogen-bond donors (Lipinski definition) is 1. The van der Waals surface area contributed by atoms with Crippen molar-refractivity contribution < 1.29 is 14.6 Å². The van der Waals surface area contributed by atoms with Crippen LogP contribution in [0.15, 0.2) is 40.9 Å². The van der Waals surface area contributed by atoms with Gasteiger partial charge >= 0.3 is 0 Å². The van der Waals surface area contributed by atoms with Crippen LogP contribution in [0.1, 0.15) is 29.7 Å². The molecule has 0 aliphatic carbocycles. The van der Waals surface area contributed by atoms with E-state index in [1.165, 1.54) is 0 Å². The Kier molecular flexibility index (Phi) is 5.26. The molecule has 0 aliphatic heterocycles. The molecule has 2 aromatic rings. The molecule has 2 rings (SSSR count). The molecule has 1 N–H and O–H groups in total. The van der Waals surface area contributed by atoms with Gasteiger partial charge in [0.1, 0.15) is 18.1 Å². The summed E-state index contributed by atoms with van der Waals surface area (Å²) in [6, 6.07) is 11.6. The van der Waals surface area contributed by atoms with Gasteiger partial charge in [-0.1, -0.05) is 27.6 Å². The molecule has 3 nitrogen and oxygen atoms in total. The van der Waals surface area contributed by atoms with Gasteiger partial charge in [-0.2, -0.15) is 0 Å². The zero-order valence-electron chi connectivity index (χ0n) is 12.4. The quantitative estimate of drug-likeness (QED) is 0.868. The Morgan fingerprint density at radius 1 is 1.14 bits per heavy atom. The van der Waals surface area contributed by atoms with Gasteiger partial charge in [0, 0.05) is 15.6 Å². The Morgan fingerprint density at radius 2 is 1.86 bits per heavy atom. The van der Waals surface area contributed by atoms with Gasteiger partial charge in [-0.15, -0.1) is 0 Å². The van der Waals surface area contributed by atoms with Crippen molar-refractivity contribution >= 4 is 15.9 Å². The second kappa shape index (κ2) is 6.96. The smallest absolute Gasteiger partial charge is 0.125 e. The molecule has 2 aromatic carbocycles. The molecular formula is C17H19BrO3. The normalized spacial score (nSPS) is 12.0. The topological polar surface area (TPSA) is 38.7 Å². The maximum atomic E-state index is 9.85. The van der Waals surface area contributed by atoms with Crippen molar-refractivity contribution in [1.29, 1.82) is 0 Å². The van der Waals surface area contributed by atoms with Gasteiger partial charge in [0.15, 0.2) is 0 Å². The molecule has 4 heteroatoms. The first-order chi connectivity index (χ1) is 10.0. The average molecular weight is 351 g/mol. The number of methoxy groups -OCH3 is 1. The highest BCUT2D eigenvalue weighted by atomic mass is 79.9. The molecule has 0 unspecified atom stereocenters. The maximum absolute atomic E-state index is 9.85. The molecular weight excluding hydrogens is 332 g/mol. The zero-order valence-corrected chi connectivity index (χ0v) is 14.0. The fraction of sp³-hybridized carbons (Fsp3) is 0.294. The number of ether oxygens (including phenoxy) is 2. The summed E-state index contributed by atoms with van der Waals surface area (Å²) in [6.45, 7) is 4.15. The van der Waals surface area contributed by atoms with E-state index < -0.39 is 6.10 Å². The fourth-order valence-electron chi connectivity index (χ4n) is 2.15. The predicted molar refractivity (Wildman–Crippen MR) is 86.8 cm³/mol. The Bertz CT molecular complexity index is 623. The van der Waals surface area contributed by atoms with Gasteiger partial charge in [-0.3, -0.25) is 0 Å². The highest BCUT2D eigenvalue weighted by Crippen LogP contribution is 2.30. The predicted octanol–water partition coefficient (Wildman–Crippen LogP) is 4.40. The lowest BCUT2D eigenvalue weighted by molar-refractivity contribution is 0.189. The highest BCUT2D eigenvalue weighted by molar-refractivity contribution is 9.10. The van der Waals surface area contributed by atoms with E-state index in [0.717, 1.165) is 26.9 Å². The van der Waals surface area contributed by atoms with Crippen LogP contribution in [0, 0.1) is 6.92 Å². The summed E-state index contributed by atoms with van der Waals surface area (Å²) in [4.78, 5) is 0. The highest BCUT2D eigenvalue weighted by Gasteiger charge is 2.11. The van der Waals surface area contributed by atoms with Crippen LogP contribution >= 0.6 is 15.9 Å². The summed E-state index contributed by atoms with van der Waals surface area (Å²) in [6.07, 6.45) is -0.586. The van der Waals surface area contributed by atoms with Crippen LogP contribution in [-0.2, 0) is 6.61 Å². The SMILES string of the molecule is COc1ccc(C)cc1COc1ccc(Br)cc1[C@@H](C)O. The van der Waals surface area contributed by atoms with Crippen LogP contribution in [0.25, 0.3) is 0 Å². The van der Waals surface area contributed by atoms with Gasteiger partial charge in [0.05, 0.1) is 13.2 Å². The Hall–Kier alpha value is -1.52. The monoisotopic (exact) mass is 350 g/mol. The number of aryl methyl sites for hydroxylation is 1. The van der Waals surface area contributed by atoms with E-state index >= 15 is 0 Å². The van der Waals surface area contributed by atoms with Crippen molar-refractivity contribution in [2.45, 2.75) is 26.6 Å². The first-order valence-electron chi connectivity index (χ1n) is 6.75. The first-order valence-corrected chi connectivity index (χ1v) is 7.54. The van der Waals surface area contributed by atoms with Crippen molar-refractivity contribution in [1.82, 2.24) is 0 Å². The second-order valence-corrected chi connectivity index (χ2v) is 5.88. The molecule has 0 bridgehead atoms. The van der Waals surface area contributed by atoms with Gasteiger partial charge in [-0.25, -0.2) is 0 Å². The van der Waals surface area contributed by atoms with Crippen LogP contribution in [0.4, 0.5) is 0 Å². The number of aliphatic hydroxyl groups excluding tert-OH is 1. The number of rotatable bonds is 5. The third-order valence-corrected chi connectivity index (χ3v) is 3.73. The van der Waals surface area contributed by atoms with E-state index in [1.54, 1.807) is 14.0 Å². The number of halogens is 1. The van der Waals surface area contributed by atoms with Crippen LogP contribution in [0.3, 0.4) is 0 Å². The van der Waals surface area contributed by atoms with Crippen molar-refractivity contribution in [2.24, 2.45) is 0 Å². The molecule has 21 heavy (non-hydrogen) atoms. The van der Waals surface area contributed by atoms with Gasteiger partial charge in [0.2, 0.25) is 0 Å². The molecule has 0 aliphatic rings. The van der Waals surface area contributed by atoms with E-state index in [4.69, 9.17) is 9.47 Å². The summed E-state index contributed by atoms with van der Waals surface area (Å²) in [5.41, 5.74) is 2.90. The average Bonchev–Trinajstić information content (AvgIpc) is 2.46. The molecule has 0 saturated heterocycles. The van der Waals surface area contributed by atoms with Crippen molar-refractivity contribution in [2.75, 3.05) is 7.11 Å². The molecule has 112 valence electrons. The summed E-state index contributed by atoms with van der Waals surface area (Å²) >= 11 is 3.41.